The summed E-state index contributed by atoms with van der Waals surface area (Å²) in [6.45, 7) is 1.91. The largest absolute Gasteiger partial charge is 0.497 e. The van der Waals surface area contributed by atoms with Gasteiger partial charge in [-0.3, -0.25) is 4.79 Å². The number of aryl methyl sites for hydroxylation is 2. The number of carboxylic acid groups (broad SMARTS) is 1. The number of carbonyl (C=O) groups is 1. The summed E-state index contributed by atoms with van der Waals surface area (Å²) in [5.41, 5.74) is 2.61. The summed E-state index contributed by atoms with van der Waals surface area (Å²) in [6.07, 6.45) is -5.14. The molecule has 4 aromatic rings. The van der Waals surface area contributed by atoms with Gasteiger partial charge in [0.1, 0.15) is 11.5 Å². The van der Waals surface area contributed by atoms with Gasteiger partial charge in [0.15, 0.2) is 5.75 Å². The molecule has 1 aromatic heterocycles. The molecule has 0 atom stereocenters. The third-order valence-corrected chi connectivity index (χ3v) is 5.95. The molecule has 182 valence electrons. The van der Waals surface area contributed by atoms with Crippen LogP contribution in [0.4, 0.5) is 13.2 Å². The van der Waals surface area contributed by atoms with Crippen LogP contribution in [0, 0.1) is 6.92 Å². The summed E-state index contributed by atoms with van der Waals surface area (Å²) in [6, 6.07) is 14.6. The Labute approximate surface area is 204 Å². The lowest BCUT2D eigenvalue weighted by molar-refractivity contribution is -0.138. The van der Waals surface area contributed by atoms with Crippen LogP contribution in [-0.2, 0) is 17.4 Å². The van der Waals surface area contributed by atoms with Crippen LogP contribution >= 0.6 is 11.6 Å². The Morgan fingerprint density at radius 2 is 1.74 bits per heavy atom. The molecular formula is C26H21ClF3NO4. The minimum Gasteiger partial charge on any atom is -0.497 e. The number of halogens is 4. The number of fused-ring (bicyclic) bond motifs is 1. The number of alkyl halides is 3. The van der Waals surface area contributed by atoms with E-state index in [1.165, 1.54) is 6.07 Å². The maximum absolute atomic E-state index is 13.8. The van der Waals surface area contributed by atoms with Crippen LogP contribution in [0.5, 0.6) is 17.2 Å². The highest BCUT2D eigenvalue weighted by Crippen LogP contribution is 2.44. The Balaban J connectivity index is 1.71. The van der Waals surface area contributed by atoms with Gasteiger partial charge >= 0.3 is 12.1 Å². The first-order valence-electron chi connectivity index (χ1n) is 10.6. The quantitative estimate of drug-likeness (QED) is 0.272. The molecular weight excluding hydrogens is 483 g/mol. The topological polar surface area (TPSA) is 71.5 Å². The third kappa shape index (κ3) is 5.22. The average molecular weight is 504 g/mol. The van der Waals surface area contributed by atoms with Gasteiger partial charge in [-0.1, -0.05) is 11.6 Å². The number of ether oxygens (including phenoxy) is 2. The number of hydrogen-bond acceptors (Lipinski definition) is 3. The number of methoxy groups -OCH3 is 1. The fraction of sp³-hybridized carbons (Fsp3) is 0.192. The van der Waals surface area contributed by atoms with Crippen molar-refractivity contribution in [1.29, 1.82) is 0 Å². The Bertz CT molecular complexity index is 1390. The van der Waals surface area contributed by atoms with Gasteiger partial charge in [-0.15, -0.1) is 0 Å². The van der Waals surface area contributed by atoms with Crippen LogP contribution < -0.4 is 9.47 Å². The minimum atomic E-state index is -4.74. The summed E-state index contributed by atoms with van der Waals surface area (Å²) in [4.78, 5) is 14.2. The number of aliphatic carboxylic acids is 1. The molecule has 0 bridgehead atoms. The molecule has 0 aliphatic carbocycles. The van der Waals surface area contributed by atoms with Gasteiger partial charge in [0.05, 0.1) is 17.7 Å². The molecule has 2 N–H and O–H groups in total. The summed E-state index contributed by atoms with van der Waals surface area (Å²) in [5, 5.41) is 9.38. The summed E-state index contributed by atoms with van der Waals surface area (Å²) in [7, 11) is 1.59. The molecule has 0 saturated heterocycles. The number of carboxylic acids is 1. The van der Waals surface area contributed by atoms with Crippen molar-refractivity contribution in [3.05, 3.63) is 76.3 Å². The van der Waals surface area contributed by atoms with E-state index in [1.807, 2.05) is 31.2 Å². The predicted octanol–water partition coefficient (Wildman–Crippen LogP) is 7.63. The van der Waals surface area contributed by atoms with Crippen molar-refractivity contribution in [2.75, 3.05) is 7.11 Å². The first-order valence-corrected chi connectivity index (χ1v) is 11.0. The summed E-state index contributed by atoms with van der Waals surface area (Å²) < 4.78 is 52.3. The van der Waals surface area contributed by atoms with Crippen molar-refractivity contribution < 1.29 is 32.5 Å². The Kier molecular flexibility index (Phi) is 6.67. The lowest BCUT2D eigenvalue weighted by atomic mass is 10.0. The van der Waals surface area contributed by atoms with Gasteiger partial charge in [-0.25, -0.2) is 0 Å². The lowest BCUT2D eigenvalue weighted by Gasteiger charge is -2.17. The number of H-pyrrole nitrogens is 1. The molecule has 0 fully saturated rings. The highest BCUT2D eigenvalue weighted by molar-refractivity contribution is 6.32. The van der Waals surface area contributed by atoms with Gasteiger partial charge in [0, 0.05) is 23.0 Å². The molecule has 1 heterocycles. The predicted molar refractivity (Wildman–Crippen MR) is 128 cm³/mol. The molecule has 0 spiro atoms. The van der Waals surface area contributed by atoms with Crippen molar-refractivity contribution in [3.8, 4) is 28.5 Å². The normalized spacial score (nSPS) is 11.6. The van der Waals surface area contributed by atoms with Crippen molar-refractivity contribution in [2.45, 2.75) is 25.9 Å². The zero-order valence-electron chi connectivity index (χ0n) is 18.8. The van der Waals surface area contributed by atoms with Gasteiger partial charge in [-0.2, -0.15) is 13.2 Å². The summed E-state index contributed by atoms with van der Waals surface area (Å²) in [5.74, 6) is -0.726. The smallest absolute Gasteiger partial charge is 0.420 e. The average Bonchev–Trinajstić information content (AvgIpc) is 3.14. The van der Waals surface area contributed by atoms with E-state index >= 15 is 0 Å². The molecule has 0 amide bonds. The molecule has 9 heteroatoms. The van der Waals surface area contributed by atoms with E-state index < -0.39 is 23.5 Å². The SMILES string of the molecule is COc1ccc(-c2[nH]c3ccc(Oc4c(Cl)cc(CCC(=O)O)cc4C(F)(F)F)cc3c2C)cc1. The minimum absolute atomic E-state index is 0.0823. The van der Waals surface area contributed by atoms with Crippen molar-refractivity contribution in [1.82, 2.24) is 4.98 Å². The van der Waals surface area contributed by atoms with Crippen molar-refractivity contribution >= 4 is 28.5 Å². The van der Waals surface area contributed by atoms with Crippen molar-refractivity contribution in [3.63, 3.8) is 0 Å². The van der Waals surface area contributed by atoms with Crippen molar-refractivity contribution in [2.24, 2.45) is 0 Å². The third-order valence-electron chi connectivity index (χ3n) is 5.66. The monoisotopic (exact) mass is 503 g/mol. The molecule has 5 nitrogen and oxygen atoms in total. The molecule has 0 unspecified atom stereocenters. The number of benzene rings is 3. The molecule has 4 rings (SSSR count). The maximum atomic E-state index is 13.8. The molecule has 0 aliphatic heterocycles. The van der Waals surface area contributed by atoms with Gasteiger partial charge in [0.25, 0.3) is 0 Å². The first-order chi connectivity index (χ1) is 16.6. The molecule has 0 aliphatic rings. The molecule has 0 saturated carbocycles. The van der Waals surface area contributed by atoms with E-state index in [4.69, 9.17) is 26.2 Å². The number of aromatic amines is 1. The first kappa shape index (κ1) is 24.5. The molecule has 3 aromatic carbocycles. The van der Waals surface area contributed by atoms with Crippen LogP contribution in [0.25, 0.3) is 22.2 Å². The fourth-order valence-electron chi connectivity index (χ4n) is 3.89. The zero-order valence-corrected chi connectivity index (χ0v) is 19.6. The van der Waals surface area contributed by atoms with E-state index in [2.05, 4.69) is 4.98 Å². The Morgan fingerprint density at radius 3 is 2.37 bits per heavy atom. The number of nitrogens with one attached hydrogen (secondary N) is 1. The van der Waals surface area contributed by atoms with E-state index in [0.717, 1.165) is 39.5 Å². The highest BCUT2D eigenvalue weighted by atomic mass is 35.5. The Hall–Kier alpha value is -3.65. The number of aromatic nitrogens is 1. The van der Waals surface area contributed by atoms with Crippen LogP contribution in [0.15, 0.2) is 54.6 Å². The highest BCUT2D eigenvalue weighted by Gasteiger charge is 2.36. The zero-order chi connectivity index (χ0) is 25.3. The van der Waals surface area contributed by atoms with Gasteiger partial charge in [-0.05, 0) is 84.6 Å². The number of rotatable bonds is 7. The van der Waals surface area contributed by atoms with Gasteiger partial charge < -0.3 is 19.6 Å². The fourth-order valence-corrected chi connectivity index (χ4v) is 4.17. The van der Waals surface area contributed by atoms with E-state index in [1.54, 1.807) is 25.3 Å². The second-order valence-corrected chi connectivity index (χ2v) is 8.42. The van der Waals surface area contributed by atoms with E-state index in [-0.39, 0.29) is 29.2 Å². The lowest BCUT2D eigenvalue weighted by Crippen LogP contribution is -2.09. The molecule has 0 radical (unpaired) electrons. The second kappa shape index (κ2) is 9.54. The van der Waals surface area contributed by atoms with Gasteiger partial charge in [0.2, 0.25) is 0 Å². The second-order valence-electron chi connectivity index (χ2n) is 8.01. The molecule has 35 heavy (non-hydrogen) atoms. The summed E-state index contributed by atoms with van der Waals surface area (Å²) >= 11 is 6.18. The van der Waals surface area contributed by atoms with Crippen LogP contribution in [0.2, 0.25) is 5.02 Å². The maximum Gasteiger partial charge on any atom is 0.420 e. The van der Waals surface area contributed by atoms with Crippen LogP contribution in [0.1, 0.15) is 23.1 Å². The van der Waals surface area contributed by atoms with E-state index in [9.17, 15) is 18.0 Å². The van der Waals surface area contributed by atoms with Crippen LogP contribution in [-0.4, -0.2) is 23.2 Å². The number of hydrogen-bond donors (Lipinski definition) is 2. The van der Waals surface area contributed by atoms with E-state index in [0.29, 0.717) is 0 Å². The Morgan fingerprint density at radius 1 is 1.06 bits per heavy atom. The van der Waals surface area contributed by atoms with Crippen LogP contribution in [0.3, 0.4) is 0 Å². The standard InChI is InChI=1S/C26H21ClF3NO4/c1-14-19-13-18(8-9-22(19)31-24(14)16-4-6-17(34-2)7-5-16)35-25-20(26(28,29)30)11-15(12-21(25)27)3-10-23(32)33/h4-9,11-13,31H,3,10H2,1-2H3,(H,32,33).